The van der Waals surface area contributed by atoms with E-state index >= 15 is 0 Å². The number of hydrogen-bond acceptors (Lipinski definition) is 3. The van der Waals surface area contributed by atoms with Gasteiger partial charge in [-0.2, -0.15) is 0 Å². The molecule has 0 atom stereocenters. The SMILES string of the molecule is CSNC(=O)c1cc(Cl)c(OC2CCC(C)(C)CC2)cc1F. The van der Waals surface area contributed by atoms with Crippen molar-refractivity contribution in [3.63, 3.8) is 0 Å². The summed E-state index contributed by atoms with van der Waals surface area (Å²) in [6.07, 6.45) is 5.76. The third-order valence-corrected chi connectivity index (χ3v) is 4.73. The van der Waals surface area contributed by atoms with E-state index in [1.807, 2.05) is 0 Å². The Morgan fingerprint density at radius 2 is 2.05 bits per heavy atom. The predicted molar refractivity (Wildman–Crippen MR) is 89.1 cm³/mol. The van der Waals surface area contributed by atoms with Crippen LogP contribution in [0.4, 0.5) is 4.39 Å². The molecule has 2 rings (SSSR count). The second-order valence-corrected chi connectivity index (χ2v) is 7.40. The van der Waals surface area contributed by atoms with Gasteiger partial charge in [0.1, 0.15) is 11.6 Å². The summed E-state index contributed by atoms with van der Waals surface area (Å²) in [4.78, 5) is 11.7. The van der Waals surface area contributed by atoms with Crippen LogP contribution in [0.15, 0.2) is 12.1 Å². The molecule has 0 aliphatic heterocycles. The van der Waals surface area contributed by atoms with Gasteiger partial charge in [0.05, 0.1) is 16.7 Å². The number of halogens is 2. The topological polar surface area (TPSA) is 38.3 Å². The van der Waals surface area contributed by atoms with Gasteiger partial charge in [-0.05, 0) is 37.2 Å². The molecule has 1 N–H and O–H groups in total. The molecule has 0 bridgehead atoms. The lowest BCUT2D eigenvalue weighted by Crippen LogP contribution is -2.28. The molecule has 122 valence electrons. The van der Waals surface area contributed by atoms with E-state index in [-0.39, 0.29) is 16.7 Å². The zero-order valence-corrected chi connectivity index (χ0v) is 14.6. The summed E-state index contributed by atoms with van der Waals surface area (Å²) in [6, 6.07) is 2.53. The zero-order chi connectivity index (χ0) is 16.3. The van der Waals surface area contributed by atoms with Crippen LogP contribution in [0.2, 0.25) is 5.02 Å². The molecule has 1 saturated carbocycles. The largest absolute Gasteiger partial charge is 0.489 e. The average Bonchev–Trinajstić information content (AvgIpc) is 2.45. The van der Waals surface area contributed by atoms with Gasteiger partial charge in [0.2, 0.25) is 0 Å². The van der Waals surface area contributed by atoms with Crippen LogP contribution in [-0.4, -0.2) is 18.3 Å². The number of hydrogen-bond donors (Lipinski definition) is 1. The third kappa shape index (κ3) is 4.29. The molecule has 0 spiro atoms. The molecule has 1 aliphatic rings. The van der Waals surface area contributed by atoms with Crippen molar-refractivity contribution in [2.75, 3.05) is 6.26 Å². The molecule has 1 aromatic carbocycles. The van der Waals surface area contributed by atoms with Crippen LogP contribution in [-0.2, 0) is 0 Å². The predicted octanol–water partition coefficient (Wildman–Crippen LogP) is 4.83. The maximum absolute atomic E-state index is 14.1. The molecule has 3 nitrogen and oxygen atoms in total. The van der Waals surface area contributed by atoms with Gasteiger partial charge >= 0.3 is 0 Å². The molecule has 0 saturated heterocycles. The minimum Gasteiger partial charge on any atom is -0.489 e. The Bertz CT molecular complexity index is 555. The average molecular weight is 346 g/mol. The molecule has 1 aliphatic carbocycles. The molecule has 0 unspecified atom stereocenters. The molecule has 6 heteroatoms. The fourth-order valence-corrected chi connectivity index (χ4v) is 3.11. The molecule has 1 fully saturated rings. The first-order chi connectivity index (χ1) is 10.3. The first-order valence-corrected chi connectivity index (χ1v) is 8.92. The van der Waals surface area contributed by atoms with E-state index in [2.05, 4.69) is 18.6 Å². The fraction of sp³-hybridized carbons (Fsp3) is 0.562. The molecule has 0 heterocycles. The summed E-state index contributed by atoms with van der Waals surface area (Å²) in [6.45, 7) is 4.49. The van der Waals surface area contributed by atoms with Crippen molar-refractivity contribution < 1.29 is 13.9 Å². The highest BCUT2D eigenvalue weighted by Gasteiger charge is 2.28. The Morgan fingerprint density at radius 1 is 1.41 bits per heavy atom. The Balaban J connectivity index is 2.09. The van der Waals surface area contributed by atoms with Gasteiger partial charge in [-0.3, -0.25) is 9.52 Å². The Morgan fingerprint density at radius 3 is 2.64 bits per heavy atom. The first kappa shape index (κ1) is 17.4. The van der Waals surface area contributed by atoms with Crippen molar-refractivity contribution >= 4 is 29.5 Å². The Kier molecular flexibility index (Phi) is 5.61. The van der Waals surface area contributed by atoms with Gasteiger partial charge in [0.25, 0.3) is 5.91 Å². The molecule has 0 radical (unpaired) electrons. The number of nitrogens with one attached hydrogen (secondary N) is 1. The second-order valence-electron chi connectivity index (χ2n) is 6.38. The smallest absolute Gasteiger partial charge is 0.264 e. The van der Waals surface area contributed by atoms with Crippen molar-refractivity contribution in [3.05, 3.63) is 28.5 Å². The van der Waals surface area contributed by atoms with Gasteiger partial charge in [-0.25, -0.2) is 4.39 Å². The van der Waals surface area contributed by atoms with Crippen molar-refractivity contribution in [2.24, 2.45) is 5.41 Å². The first-order valence-electron chi connectivity index (χ1n) is 7.31. The normalized spacial score (nSPS) is 18.0. The molecule has 1 aromatic rings. The van der Waals surface area contributed by atoms with Gasteiger partial charge in [-0.1, -0.05) is 37.4 Å². The summed E-state index contributed by atoms with van der Waals surface area (Å²) in [5.74, 6) is -0.815. The monoisotopic (exact) mass is 345 g/mol. The number of ether oxygens (including phenoxy) is 1. The molecular weight excluding hydrogens is 325 g/mol. The van der Waals surface area contributed by atoms with Crippen LogP contribution in [0.1, 0.15) is 49.9 Å². The van der Waals surface area contributed by atoms with Crippen molar-refractivity contribution in [3.8, 4) is 5.75 Å². The van der Waals surface area contributed by atoms with E-state index in [9.17, 15) is 9.18 Å². The quantitative estimate of drug-likeness (QED) is 0.794. The third-order valence-electron chi connectivity index (χ3n) is 4.04. The van der Waals surface area contributed by atoms with Gasteiger partial charge in [0.15, 0.2) is 0 Å². The molecule has 1 amide bonds. The zero-order valence-electron chi connectivity index (χ0n) is 13.0. The van der Waals surface area contributed by atoms with Gasteiger partial charge < -0.3 is 4.74 Å². The van der Waals surface area contributed by atoms with Gasteiger partial charge in [-0.15, -0.1) is 0 Å². The fourth-order valence-electron chi connectivity index (χ4n) is 2.61. The number of amides is 1. The number of carbonyl (C=O) groups excluding carboxylic acids is 1. The van der Waals surface area contributed by atoms with Gasteiger partial charge in [0, 0.05) is 12.3 Å². The Hall–Kier alpha value is -0.940. The Labute approximate surface area is 140 Å². The van der Waals surface area contributed by atoms with Crippen LogP contribution >= 0.6 is 23.5 Å². The van der Waals surface area contributed by atoms with Crippen molar-refractivity contribution in [1.29, 1.82) is 0 Å². The summed E-state index contributed by atoms with van der Waals surface area (Å²) < 4.78 is 22.4. The highest BCUT2D eigenvalue weighted by Crippen LogP contribution is 2.38. The minimum atomic E-state index is -0.623. The summed E-state index contributed by atoms with van der Waals surface area (Å²) in [5.41, 5.74) is 0.269. The lowest BCUT2D eigenvalue weighted by Gasteiger charge is -2.34. The number of rotatable bonds is 4. The maximum atomic E-state index is 14.1. The van der Waals surface area contributed by atoms with Crippen LogP contribution in [0.5, 0.6) is 5.75 Å². The summed E-state index contributed by atoms with van der Waals surface area (Å²) >= 11 is 7.25. The molecule has 22 heavy (non-hydrogen) atoms. The standard InChI is InChI=1S/C16H21ClFNO2S/c1-16(2)6-4-10(5-7-16)21-14-9-13(18)11(8-12(14)17)15(20)19-22-3/h8-10H,4-7H2,1-3H3,(H,19,20). The van der Waals surface area contributed by atoms with Crippen LogP contribution in [0.3, 0.4) is 0 Å². The van der Waals surface area contributed by atoms with E-state index < -0.39 is 11.7 Å². The lowest BCUT2D eigenvalue weighted by molar-refractivity contribution is 0.0970. The summed E-state index contributed by atoms with van der Waals surface area (Å²) in [7, 11) is 0. The van der Waals surface area contributed by atoms with Crippen LogP contribution in [0.25, 0.3) is 0 Å². The van der Waals surface area contributed by atoms with Crippen molar-refractivity contribution in [1.82, 2.24) is 4.72 Å². The molecular formula is C16H21ClFNO2S. The molecule has 0 aromatic heterocycles. The van der Waals surface area contributed by atoms with Crippen molar-refractivity contribution in [2.45, 2.75) is 45.6 Å². The van der Waals surface area contributed by atoms with E-state index in [1.165, 1.54) is 12.1 Å². The highest BCUT2D eigenvalue weighted by atomic mass is 35.5. The number of benzene rings is 1. The van der Waals surface area contributed by atoms with E-state index in [4.69, 9.17) is 16.3 Å². The van der Waals surface area contributed by atoms with E-state index in [1.54, 1.807) is 6.26 Å². The van der Waals surface area contributed by atoms with Crippen LogP contribution in [0, 0.1) is 11.2 Å². The number of carbonyl (C=O) groups is 1. The van der Waals surface area contributed by atoms with E-state index in [0.717, 1.165) is 37.6 Å². The summed E-state index contributed by atoms with van der Waals surface area (Å²) in [5, 5.41) is 0.262. The maximum Gasteiger partial charge on any atom is 0.264 e. The minimum absolute atomic E-state index is 0.0517. The highest BCUT2D eigenvalue weighted by molar-refractivity contribution is 7.97. The van der Waals surface area contributed by atoms with Crippen LogP contribution < -0.4 is 9.46 Å². The lowest BCUT2D eigenvalue weighted by atomic mass is 9.76. The van der Waals surface area contributed by atoms with E-state index in [0.29, 0.717) is 11.2 Å². The second kappa shape index (κ2) is 7.09.